The number of ether oxygens (including phenoxy) is 1. The second-order valence-electron chi connectivity index (χ2n) is 12.3. The number of allylic oxidation sites excluding steroid dienone is 2. The van der Waals surface area contributed by atoms with Crippen molar-refractivity contribution in [3.05, 3.63) is 63.0 Å². The van der Waals surface area contributed by atoms with E-state index in [0.717, 1.165) is 17.0 Å². The van der Waals surface area contributed by atoms with Crippen LogP contribution in [0.1, 0.15) is 50.0 Å². The largest absolute Gasteiger partial charge is 0.504 e. The van der Waals surface area contributed by atoms with Crippen molar-refractivity contribution in [3.63, 3.8) is 0 Å². The molecule has 47 heavy (non-hydrogen) atoms. The highest BCUT2D eigenvalue weighted by molar-refractivity contribution is 14.1. The summed E-state index contributed by atoms with van der Waals surface area (Å²) in [5.41, 5.74) is 1.06. The molecule has 2 heterocycles. The molecule has 10 nitrogen and oxygen atoms in total. The quantitative estimate of drug-likeness (QED) is 0.114. The smallest absolute Gasteiger partial charge is 0.303 e. The van der Waals surface area contributed by atoms with Gasteiger partial charge in [-0.2, -0.15) is 0 Å². The van der Waals surface area contributed by atoms with Crippen LogP contribution < -0.4 is 9.64 Å². The number of aliphatic carboxylic acids is 1. The molecule has 4 amide bonds. The number of hydrogen-bond acceptors (Lipinski definition) is 7. The normalized spacial score (nSPS) is 29.9. The summed E-state index contributed by atoms with van der Waals surface area (Å²) in [6.45, 7) is 0.129. The minimum atomic E-state index is -2.12. The third kappa shape index (κ3) is 5.13. The summed E-state index contributed by atoms with van der Waals surface area (Å²) in [6, 6.07) is 7.90. The molecule has 3 fully saturated rings. The molecule has 4 aliphatic rings. The lowest BCUT2D eigenvalue weighted by atomic mass is 9.56. The van der Waals surface area contributed by atoms with Crippen LogP contribution in [0.2, 0.25) is 0 Å². The number of phenols is 1. The fraction of sp³-hybridized carbons (Fsp3) is 0.424. The molecule has 0 aromatic heterocycles. The van der Waals surface area contributed by atoms with Crippen molar-refractivity contribution >= 4 is 81.1 Å². The van der Waals surface area contributed by atoms with Crippen LogP contribution in [0.5, 0.6) is 11.5 Å². The van der Waals surface area contributed by atoms with Crippen LogP contribution in [0.25, 0.3) is 0 Å². The van der Waals surface area contributed by atoms with E-state index in [1.807, 2.05) is 28.7 Å². The SMILES string of the molecule is COc1cc([C@H]2C3=CC[C@@H]4C(=O)N(CCCCCC(=O)O)C(=O)[C@@H]4[C@@H]3C[C@@]3(Cl)C(=O)N(c4ccc(F)cc4)C(=O)[C@@]23Cl)cc(I)c1O. The Balaban J connectivity index is 1.45. The third-order valence-corrected chi connectivity index (χ3v) is 12.1. The van der Waals surface area contributed by atoms with Crippen LogP contribution in [-0.4, -0.2) is 68.1 Å². The molecule has 6 rings (SSSR count). The van der Waals surface area contributed by atoms with E-state index in [0.29, 0.717) is 34.0 Å². The monoisotopic (exact) mass is 798 g/mol. The summed E-state index contributed by atoms with van der Waals surface area (Å²) in [5, 5.41) is 19.6. The van der Waals surface area contributed by atoms with Crippen molar-refractivity contribution < 1.29 is 43.3 Å². The lowest BCUT2D eigenvalue weighted by molar-refractivity contribution is -0.141. The van der Waals surface area contributed by atoms with Crippen LogP contribution in [-0.2, 0) is 24.0 Å². The first-order valence-corrected chi connectivity index (χ1v) is 17.0. The van der Waals surface area contributed by atoms with Gasteiger partial charge in [-0.1, -0.05) is 18.1 Å². The molecule has 248 valence electrons. The predicted octanol–water partition coefficient (Wildman–Crippen LogP) is 5.35. The van der Waals surface area contributed by atoms with Crippen LogP contribution in [0.15, 0.2) is 48.0 Å². The van der Waals surface area contributed by atoms with Gasteiger partial charge in [0.05, 0.1) is 28.2 Å². The van der Waals surface area contributed by atoms with E-state index < -0.39 is 62.9 Å². The van der Waals surface area contributed by atoms with E-state index in [1.54, 1.807) is 6.07 Å². The Kier molecular flexibility index (Phi) is 8.84. The van der Waals surface area contributed by atoms with E-state index in [1.165, 1.54) is 30.2 Å². The zero-order valence-corrected chi connectivity index (χ0v) is 28.7. The highest BCUT2D eigenvalue weighted by Crippen LogP contribution is 2.66. The second-order valence-corrected chi connectivity index (χ2v) is 14.7. The Morgan fingerprint density at radius 1 is 1.04 bits per heavy atom. The Morgan fingerprint density at radius 2 is 1.74 bits per heavy atom. The van der Waals surface area contributed by atoms with Crippen molar-refractivity contribution in [2.24, 2.45) is 17.8 Å². The number of imide groups is 2. The van der Waals surface area contributed by atoms with Crippen molar-refractivity contribution in [1.82, 2.24) is 4.90 Å². The number of halogens is 4. The van der Waals surface area contributed by atoms with Crippen LogP contribution in [0.4, 0.5) is 10.1 Å². The maximum absolute atomic E-state index is 14.5. The maximum atomic E-state index is 14.5. The summed E-state index contributed by atoms with van der Waals surface area (Å²) in [6.07, 6.45) is 3.13. The number of nitrogens with zero attached hydrogens (tertiary/aromatic N) is 2. The van der Waals surface area contributed by atoms with Gasteiger partial charge in [-0.05, 0) is 96.2 Å². The number of hydrogen-bond donors (Lipinski definition) is 2. The van der Waals surface area contributed by atoms with Gasteiger partial charge in [-0.15, -0.1) is 23.2 Å². The number of amides is 4. The average molecular weight is 799 g/mol. The second kappa shape index (κ2) is 12.3. The third-order valence-electron chi connectivity index (χ3n) is 9.86. The fourth-order valence-corrected chi connectivity index (χ4v) is 9.26. The molecule has 2 aliphatic heterocycles. The number of anilines is 1. The molecule has 0 spiro atoms. The van der Waals surface area contributed by atoms with Crippen LogP contribution >= 0.6 is 45.8 Å². The molecule has 14 heteroatoms. The minimum absolute atomic E-state index is 0.00939. The first-order valence-electron chi connectivity index (χ1n) is 15.1. The first kappa shape index (κ1) is 33.7. The van der Waals surface area contributed by atoms with Gasteiger partial charge in [0.25, 0.3) is 11.8 Å². The van der Waals surface area contributed by atoms with Gasteiger partial charge in [-0.25, -0.2) is 9.29 Å². The number of carbonyl (C=O) groups excluding carboxylic acids is 4. The van der Waals surface area contributed by atoms with Crippen LogP contribution in [0, 0.1) is 27.1 Å². The average Bonchev–Trinajstić information content (AvgIpc) is 3.36. The highest BCUT2D eigenvalue weighted by atomic mass is 127. The number of alkyl halides is 2. The van der Waals surface area contributed by atoms with E-state index in [2.05, 4.69) is 0 Å². The molecule has 0 bridgehead atoms. The number of carboxylic acid groups (broad SMARTS) is 1. The molecule has 2 aromatic carbocycles. The number of carbonyl (C=O) groups is 5. The van der Waals surface area contributed by atoms with Crippen molar-refractivity contribution in [1.29, 1.82) is 0 Å². The Labute approximate surface area is 293 Å². The number of carboxylic acids is 1. The van der Waals surface area contributed by atoms with E-state index in [4.69, 9.17) is 33.0 Å². The molecular formula is C33H30Cl2FIN2O8. The Hall–Kier alpha value is -3.23. The van der Waals surface area contributed by atoms with E-state index in [9.17, 15) is 33.5 Å². The number of benzene rings is 2. The molecular weight excluding hydrogens is 769 g/mol. The molecule has 2 aromatic rings. The van der Waals surface area contributed by atoms with Crippen molar-refractivity contribution in [3.8, 4) is 11.5 Å². The number of likely N-dealkylation sites (tertiary alicyclic amines) is 1. The zero-order valence-electron chi connectivity index (χ0n) is 25.1. The summed E-state index contributed by atoms with van der Waals surface area (Å²) < 4.78 is 19.6. The molecule has 6 atom stereocenters. The van der Waals surface area contributed by atoms with Gasteiger partial charge in [0.2, 0.25) is 11.8 Å². The molecule has 2 N–H and O–H groups in total. The van der Waals surface area contributed by atoms with Gasteiger partial charge < -0.3 is 14.9 Å². The summed E-state index contributed by atoms with van der Waals surface area (Å²) >= 11 is 16.7. The highest BCUT2D eigenvalue weighted by Gasteiger charge is 2.76. The number of unbranched alkanes of at least 4 members (excludes halogenated alkanes) is 2. The number of rotatable bonds is 9. The number of aromatic hydroxyl groups is 1. The van der Waals surface area contributed by atoms with E-state index >= 15 is 0 Å². The molecule has 1 saturated carbocycles. The zero-order chi connectivity index (χ0) is 34.0. The summed E-state index contributed by atoms with van der Waals surface area (Å²) in [7, 11) is 1.37. The van der Waals surface area contributed by atoms with Crippen LogP contribution in [0.3, 0.4) is 0 Å². The molecule has 2 aliphatic carbocycles. The number of fused-ring (bicyclic) bond motifs is 4. The van der Waals surface area contributed by atoms with Gasteiger partial charge in [0.1, 0.15) is 5.82 Å². The van der Waals surface area contributed by atoms with Crippen molar-refractivity contribution in [2.45, 2.75) is 54.2 Å². The predicted molar refractivity (Wildman–Crippen MR) is 177 cm³/mol. The van der Waals surface area contributed by atoms with Gasteiger partial charge >= 0.3 is 5.97 Å². The first-order chi connectivity index (χ1) is 22.3. The molecule has 0 unspecified atom stereocenters. The molecule has 0 radical (unpaired) electrons. The van der Waals surface area contributed by atoms with Crippen molar-refractivity contribution in [2.75, 3.05) is 18.6 Å². The van der Waals surface area contributed by atoms with Gasteiger partial charge in [0.15, 0.2) is 21.2 Å². The lowest BCUT2D eigenvalue weighted by Gasteiger charge is -2.50. The Bertz CT molecular complexity index is 1740. The minimum Gasteiger partial charge on any atom is -0.504 e. The standard InChI is InChI=1S/C33H30Cl2FIN2O8/c1-47-23-14-16(13-22(37)27(23)42)26-19-10-11-20-25(29(44)38(28(20)43)12-4-2-3-5-24(40)41)21(19)15-32(34)30(45)39(31(46)33(26,32)35)18-8-6-17(36)7-9-18/h6-10,13-14,20-21,25-26,42H,2-5,11-12,15H2,1H3,(H,40,41)/t20-,21+,25-,26-,32+,33-/m0/s1. The Morgan fingerprint density at radius 3 is 2.40 bits per heavy atom. The maximum Gasteiger partial charge on any atom is 0.303 e. The topological polar surface area (TPSA) is 142 Å². The lowest BCUT2D eigenvalue weighted by Crippen LogP contribution is -2.60. The number of methoxy groups -OCH3 is 1. The fourth-order valence-electron chi connectivity index (χ4n) is 7.70. The number of phenolic OH excluding ortho intramolecular Hbond substituents is 1. The summed E-state index contributed by atoms with van der Waals surface area (Å²) in [4.78, 5) is 65.1. The van der Waals surface area contributed by atoms with Gasteiger partial charge in [-0.3, -0.25) is 28.9 Å². The van der Waals surface area contributed by atoms with Gasteiger partial charge in [0, 0.05) is 18.9 Å². The van der Waals surface area contributed by atoms with E-state index in [-0.39, 0.29) is 48.9 Å². The molecule has 2 saturated heterocycles. The summed E-state index contributed by atoms with van der Waals surface area (Å²) in [5.74, 6) is -7.38.